The minimum absolute atomic E-state index is 0.132. The van der Waals surface area contributed by atoms with Gasteiger partial charge in [0.2, 0.25) is 5.91 Å². The van der Waals surface area contributed by atoms with Crippen molar-refractivity contribution >= 4 is 17.5 Å². The van der Waals surface area contributed by atoms with Crippen molar-refractivity contribution in [1.29, 1.82) is 0 Å². The molecule has 1 aromatic heterocycles. The van der Waals surface area contributed by atoms with Crippen molar-refractivity contribution in [3.05, 3.63) is 54.6 Å². The van der Waals surface area contributed by atoms with Crippen molar-refractivity contribution in [2.75, 3.05) is 31.5 Å². The fraction of sp³-hybridized carbons (Fsp3) is 0.400. The van der Waals surface area contributed by atoms with Crippen LogP contribution in [0.25, 0.3) is 0 Å². The molecule has 0 saturated carbocycles. The van der Waals surface area contributed by atoms with E-state index in [1.54, 1.807) is 11.1 Å². The van der Waals surface area contributed by atoms with Crippen molar-refractivity contribution < 1.29 is 9.59 Å². The molecule has 2 aliphatic heterocycles. The van der Waals surface area contributed by atoms with Crippen LogP contribution in [0.15, 0.2) is 48.9 Å². The fourth-order valence-corrected chi connectivity index (χ4v) is 3.68. The number of nitrogens with one attached hydrogen (secondary N) is 1. The number of piperidine rings is 1. The standard InChI is InChI=1S/C20H23N5O2/c26-18(17-15-21-9-10-22-17)24-13-7-20(8-14-24,19(27)25-11-4-12-25)23-16-5-2-1-3-6-16/h1-3,5-6,9-10,15,23H,4,7-8,11-14H2. The third kappa shape index (κ3) is 3.49. The van der Waals surface area contributed by atoms with Crippen molar-refractivity contribution in [3.8, 4) is 0 Å². The van der Waals surface area contributed by atoms with Crippen molar-refractivity contribution in [2.24, 2.45) is 0 Å². The first-order chi connectivity index (χ1) is 13.2. The molecule has 0 atom stereocenters. The lowest BCUT2D eigenvalue weighted by Gasteiger charge is -2.46. The first-order valence-corrected chi connectivity index (χ1v) is 9.36. The quantitative estimate of drug-likeness (QED) is 0.894. The van der Waals surface area contributed by atoms with E-state index in [9.17, 15) is 9.59 Å². The largest absolute Gasteiger partial charge is 0.371 e. The molecular weight excluding hydrogens is 342 g/mol. The molecule has 0 unspecified atom stereocenters. The average Bonchev–Trinajstić information content (AvgIpc) is 2.68. The Morgan fingerprint density at radius 1 is 0.963 bits per heavy atom. The van der Waals surface area contributed by atoms with Gasteiger partial charge in [0.05, 0.1) is 6.20 Å². The van der Waals surface area contributed by atoms with E-state index >= 15 is 0 Å². The van der Waals surface area contributed by atoms with Gasteiger partial charge in [0.25, 0.3) is 5.91 Å². The van der Waals surface area contributed by atoms with Crippen LogP contribution in [0.5, 0.6) is 0 Å². The topological polar surface area (TPSA) is 78.4 Å². The summed E-state index contributed by atoms with van der Waals surface area (Å²) in [6, 6.07) is 9.81. The maximum absolute atomic E-state index is 13.2. The Bertz CT molecular complexity index is 800. The molecule has 7 nitrogen and oxygen atoms in total. The van der Waals surface area contributed by atoms with Gasteiger partial charge < -0.3 is 15.1 Å². The van der Waals surface area contributed by atoms with Crippen LogP contribution in [-0.4, -0.2) is 63.3 Å². The summed E-state index contributed by atoms with van der Waals surface area (Å²) in [5, 5.41) is 3.49. The van der Waals surface area contributed by atoms with Gasteiger partial charge in [-0.1, -0.05) is 18.2 Å². The van der Waals surface area contributed by atoms with Crippen LogP contribution in [0, 0.1) is 0 Å². The summed E-state index contributed by atoms with van der Waals surface area (Å²) in [4.78, 5) is 37.6. The monoisotopic (exact) mass is 365 g/mol. The number of benzene rings is 1. The highest BCUT2D eigenvalue weighted by Crippen LogP contribution is 2.31. The average molecular weight is 365 g/mol. The predicted octanol–water partition coefficient (Wildman–Crippen LogP) is 1.80. The number of hydrogen-bond acceptors (Lipinski definition) is 5. The minimum Gasteiger partial charge on any atom is -0.371 e. The third-order valence-corrected chi connectivity index (χ3v) is 5.40. The summed E-state index contributed by atoms with van der Waals surface area (Å²) < 4.78 is 0. The van der Waals surface area contributed by atoms with Crippen LogP contribution in [0.2, 0.25) is 0 Å². The van der Waals surface area contributed by atoms with Crippen LogP contribution in [0.1, 0.15) is 29.8 Å². The molecule has 1 aromatic carbocycles. The van der Waals surface area contributed by atoms with Crippen LogP contribution >= 0.6 is 0 Å². The normalized spacial score (nSPS) is 18.5. The molecule has 0 spiro atoms. The van der Waals surface area contributed by atoms with Crippen LogP contribution in [0.4, 0.5) is 5.69 Å². The van der Waals surface area contributed by atoms with Crippen LogP contribution in [0.3, 0.4) is 0 Å². The van der Waals surface area contributed by atoms with E-state index < -0.39 is 5.54 Å². The van der Waals surface area contributed by atoms with Gasteiger partial charge in [-0.05, 0) is 31.4 Å². The second-order valence-electron chi connectivity index (χ2n) is 7.10. The number of hydrogen-bond donors (Lipinski definition) is 1. The Morgan fingerprint density at radius 3 is 2.30 bits per heavy atom. The molecule has 0 aliphatic carbocycles. The Balaban J connectivity index is 1.51. The molecule has 2 saturated heterocycles. The lowest BCUT2D eigenvalue weighted by Crippen LogP contribution is -2.62. The molecule has 3 heterocycles. The van der Waals surface area contributed by atoms with Gasteiger partial charge in [-0.2, -0.15) is 0 Å². The zero-order chi connectivity index (χ0) is 18.7. The van der Waals surface area contributed by atoms with Gasteiger partial charge in [0.15, 0.2) is 0 Å². The van der Waals surface area contributed by atoms with E-state index in [4.69, 9.17) is 0 Å². The number of rotatable bonds is 4. The summed E-state index contributed by atoms with van der Waals surface area (Å²) in [5.41, 5.74) is 0.608. The van der Waals surface area contributed by atoms with E-state index in [-0.39, 0.29) is 11.8 Å². The molecule has 0 radical (unpaired) electrons. The number of likely N-dealkylation sites (tertiary alicyclic amines) is 2. The molecule has 27 heavy (non-hydrogen) atoms. The maximum Gasteiger partial charge on any atom is 0.274 e. The first-order valence-electron chi connectivity index (χ1n) is 9.36. The molecule has 2 aliphatic rings. The molecule has 140 valence electrons. The Labute approximate surface area is 158 Å². The van der Waals surface area contributed by atoms with Gasteiger partial charge in [-0.25, -0.2) is 4.98 Å². The second kappa shape index (κ2) is 7.34. The predicted molar refractivity (Wildman–Crippen MR) is 101 cm³/mol. The van der Waals surface area contributed by atoms with Gasteiger partial charge in [0.1, 0.15) is 11.2 Å². The minimum atomic E-state index is -0.666. The molecular formula is C20H23N5O2. The molecule has 2 amide bonds. The van der Waals surface area contributed by atoms with Gasteiger partial charge in [0, 0.05) is 44.3 Å². The van der Waals surface area contributed by atoms with E-state index in [1.165, 1.54) is 12.4 Å². The third-order valence-electron chi connectivity index (χ3n) is 5.40. The number of carbonyl (C=O) groups is 2. The zero-order valence-electron chi connectivity index (χ0n) is 15.2. The number of para-hydroxylation sites is 1. The summed E-state index contributed by atoms with van der Waals surface area (Å²) in [5.74, 6) is 0.0111. The highest BCUT2D eigenvalue weighted by atomic mass is 16.2. The van der Waals surface area contributed by atoms with E-state index in [0.29, 0.717) is 31.6 Å². The molecule has 0 bridgehead atoms. The van der Waals surface area contributed by atoms with Crippen LogP contribution in [-0.2, 0) is 4.79 Å². The Morgan fingerprint density at radius 2 is 1.70 bits per heavy atom. The zero-order valence-corrected chi connectivity index (χ0v) is 15.2. The molecule has 7 heteroatoms. The SMILES string of the molecule is O=C(c1cnccn1)N1CCC(Nc2ccccc2)(C(=O)N2CCC2)CC1. The Hall–Kier alpha value is -2.96. The van der Waals surface area contributed by atoms with E-state index in [1.807, 2.05) is 35.2 Å². The molecule has 2 fully saturated rings. The molecule has 1 N–H and O–H groups in total. The van der Waals surface area contributed by atoms with E-state index in [2.05, 4.69) is 15.3 Å². The van der Waals surface area contributed by atoms with Gasteiger partial charge in [-0.15, -0.1) is 0 Å². The number of aromatic nitrogens is 2. The van der Waals surface area contributed by atoms with Crippen molar-refractivity contribution in [3.63, 3.8) is 0 Å². The smallest absolute Gasteiger partial charge is 0.274 e. The van der Waals surface area contributed by atoms with E-state index in [0.717, 1.165) is 25.2 Å². The maximum atomic E-state index is 13.2. The fourth-order valence-electron chi connectivity index (χ4n) is 3.68. The van der Waals surface area contributed by atoms with Gasteiger partial charge >= 0.3 is 0 Å². The molecule has 2 aromatic rings. The lowest BCUT2D eigenvalue weighted by molar-refractivity contribution is -0.141. The Kier molecular flexibility index (Phi) is 4.75. The number of anilines is 1. The van der Waals surface area contributed by atoms with Crippen molar-refractivity contribution in [1.82, 2.24) is 19.8 Å². The summed E-state index contributed by atoms with van der Waals surface area (Å²) >= 11 is 0. The number of amides is 2. The van der Waals surface area contributed by atoms with Crippen LogP contribution < -0.4 is 5.32 Å². The summed E-state index contributed by atoms with van der Waals surface area (Å²) in [7, 11) is 0. The molecule has 4 rings (SSSR count). The van der Waals surface area contributed by atoms with Gasteiger partial charge in [-0.3, -0.25) is 14.6 Å². The number of nitrogens with zero attached hydrogens (tertiary/aromatic N) is 4. The second-order valence-corrected chi connectivity index (χ2v) is 7.10. The first kappa shape index (κ1) is 17.5. The lowest BCUT2D eigenvalue weighted by atomic mass is 9.84. The number of carbonyl (C=O) groups excluding carboxylic acids is 2. The van der Waals surface area contributed by atoms with Crippen molar-refractivity contribution in [2.45, 2.75) is 24.8 Å². The highest BCUT2D eigenvalue weighted by molar-refractivity contribution is 5.93. The summed E-state index contributed by atoms with van der Waals surface area (Å²) in [6.07, 6.45) is 6.76. The highest BCUT2D eigenvalue weighted by Gasteiger charge is 2.45. The summed E-state index contributed by atoms with van der Waals surface area (Å²) in [6.45, 7) is 2.66.